The van der Waals surface area contributed by atoms with E-state index in [0.29, 0.717) is 17.8 Å². The number of hydrogen-bond donors (Lipinski definition) is 2. The summed E-state index contributed by atoms with van der Waals surface area (Å²) < 4.78 is 23.1. The first kappa shape index (κ1) is 17.4. The lowest BCUT2D eigenvalue weighted by Gasteiger charge is -2.13. The van der Waals surface area contributed by atoms with Gasteiger partial charge in [0.1, 0.15) is 5.82 Å². The van der Waals surface area contributed by atoms with Gasteiger partial charge in [-0.1, -0.05) is 12.1 Å². The van der Waals surface area contributed by atoms with E-state index in [2.05, 4.69) is 15.6 Å². The van der Waals surface area contributed by atoms with Crippen LogP contribution in [0.4, 0.5) is 11.5 Å². The van der Waals surface area contributed by atoms with Crippen LogP contribution in [0, 0.1) is 13.8 Å². The van der Waals surface area contributed by atoms with Gasteiger partial charge in [-0.3, -0.25) is 4.79 Å². The number of carbonyl (C=O) groups excluding carboxylic acids is 1. The van der Waals surface area contributed by atoms with Crippen LogP contribution in [0.2, 0.25) is 0 Å². The maximum absolute atomic E-state index is 12.5. The number of sulfone groups is 1. The van der Waals surface area contributed by atoms with E-state index in [4.69, 9.17) is 0 Å². The van der Waals surface area contributed by atoms with Crippen LogP contribution in [0.25, 0.3) is 0 Å². The van der Waals surface area contributed by atoms with E-state index in [-0.39, 0.29) is 23.5 Å². The summed E-state index contributed by atoms with van der Waals surface area (Å²) in [6.45, 7) is 3.91. The number of nitrogens with zero attached hydrogens (tertiary/aromatic N) is 1. The molecule has 7 heteroatoms. The molecule has 132 valence electrons. The lowest BCUT2D eigenvalue weighted by Crippen LogP contribution is -2.21. The molecule has 1 saturated heterocycles. The maximum atomic E-state index is 12.5. The summed E-state index contributed by atoms with van der Waals surface area (Å²) in [6.07, 6.45) is 2.10. The smallest absolute Gasteiger partial charge is 0.255 e. The predicted molar refractivity (Wildman–Crippen MR) is 98.8 cm³/mol. The van der Waals surface area contributed by atoms with Crippen LogP contribution in [0.1, 0.15) is 27.9 Å². The van der Waals surface area contributed by atoms with Gasteiger partial charge in [0.25, 0.3) is 5.91 Å². The minimum absolute atomic E-state index is 0.105. The zero-order chi connectivity index (χ0) is 18.0. The van der Waals surface area contributed by atoms with Gasteiger partial charge < -0.3 is 10.6 Å². The van der Waals surface area contributed by atoms with E-state index >= 15 is 0 Å². The van der Waals surface area contributed by atoms with Crippen molar-refractivity contribution >= 4 is 27.2 Å². The number of carbonyl (C=O) groups is 1. The number of benzene rings is 1. The SMILES string of the molecule is Cc1ccc(C)c(NC(=O)c2ccnc(NC3CCS(=O)(=O)C3)c2)c1. The molecule has 1 amide bonds. The highest BCUT2D eigenvalue weighted by Crippen LogP contribution is 2.19. The summed E-state index contributed by atoms with van der Waals surface area (Å²) >= 11 is 0. The highest BCUT2D eigenvalue weighted by Gasteiger charge is 2.28. The van der Waals surface area contributed by atoms with Crippen LogP contribution in [0.15, 0.2) is 36.5 Å². The van der Waals surface area contributed by atoms with Crippen molar-refractivity contribution in [1.29, 1.82) is 0 Å². The van der Waals surface area contributed by atoms with Gasteiger partial charge in [-0.25, -0.2) is 13.4 Å². The second-order valence-electron chi connectivity index (χ2n) is 6.45. The number of hydrogen-bond acceptors (Lipinski definition) is 5. The van der Waals surface area contributed by atoms with Crippen molar-refractivity contribution in [3.63, 3.8) is 0 Å². The molecule has 0 saturated carbocycles. The van der Waals surface area contributed by atoms with E-state index in [1.807, 2.05) is 32.0 Å². The van der Waals surface area contributed by atoms with Crippen LogP contribution in [-0.2, 0) is 9.84 Å². The number of amides is 1. The Morgan fingerprint density at radius 2 is 2.00 bits per heavy atom. The van der Waals surface area contributed by atoms with Gasteiger partial charge in [0.05, 0.1) is 11.5 Å². The molecule has 1 unspecified atom stereocenters. The highest BCUT2D eigenvalue weighted by atomic mass is 32.2. The molecule has 1 aromatic heterocycles. The minimum Gasteiger partial charge on any atom is -0.366 e. The molecule has 3 rings (SSSR count). The molecule has 1 aliphatic heterocycles. The van der Waals surface area contributed by atoms with E-state index in [1.54, 1.807) is 18.3 Å². The topological polar surface area (TPSA) is 88.2 Å². The summed E-state index contributed by atoms with van der Waals surface area (Å²) in [7, 11) is -2.96. The molecule has 1 atom stereocenters. The summed E-state index contributed by atoms with van der Waals surface area (Å²) in [4.78, 5) is 16.7. The van der Waals surface area contributed by atoms with Crippen LogP contribution < -0.4 is 10.6 Å². The molecule has 6 nitrogen and oxygen atoms in total. The van der Waals surface area contributed by atoms with Gasteiger partial charge in [0.15, 0.2) is 9.84 Å². The molecule has 25 heavy (non-hydrogen) atoms. The summed E-state index contributed by atoms with van der Waals surface area (Å²) in [5.74, 6) is 0.583. The molecule has 0 radical (unpaired) electrons. The number of anilines is 2. The standard InChI is InChI=1S/C18H21N3O3S/c1-12-3-4-13(2)16(9-12)21-18(22)14-5-7-19-17(10-14)20-15-6-8-25(23,24)11-15/h3-5,7,9-10,15H,6,8,11H2,1-2H3,(H,19,20)(H,21,22). The number of aromatic nitrogens is 1. The summed E-state index contributed by atoms with van der Waals surface area (Å²) in [5.41, 5.74) is 3.31. The molecule has 2 N–H and O–H groups in total. The van der Waals surface area contributed by atoms with E-state index in [9.17, 15) is 13.2 Å². The molecule has 2 aromatic rings. The van der Waals surface area contributed by atoms with Gasteiger partial charge in [0, 0.05) is 23.5 Å². The fraction of sp³-hybridized carbons (Fsp3) is 0.333. The van der Waals surface area contributed by atoms with Crippen LogP contribution in [0.3, 0.4) is 0 Å². The molecular weight excluding hydrogens is 338 g/mol. The van der Waals surface area contributed by atoms with Crippen molar-refractivity contribution < 1.29 is 13.2 Å². The zero-order valence-electron chi connectivity index (χ0n) is 14.2. The van der Waals surface area contributed by atoms with Crippen molar-refractivity contribution in [3.8, 4) is 0 Å². The number of rotatable bonds is 4. The average molecular weight is 359 g/mol. The third-order valence-corrected chi connectivity index (χ3v) is 6.02. The highest BCUT2D eigenvalue weighted by molar-refractivity contribution is 7.91. The molecule has 2 heterocycles. The van der Waals surface area contributed by atoms with Crippen molar-refractivity contribution in [3.05, 3.63) is 53.2 Å². The van der Waals surface area contributed by atoms with Crippen LogP contribution in [0.5, 0.6) is 0 Å². The first-order valence-electron chi connectivity index (χ1n) is 8.14. The van der Waals surface area contributed by atoms with Crippen LogP contribution in [-0.4, -0.2) is 36.9 Å². The number of nitrogens with one attached hydrogen (secondary N) is 2. The maximum Gasteiger partial charge on any atom is 0.255 e. The number of pyridine rings is 1. The molecular formula is C18H21N3O3S. The van der Waals surface area contributed by atoms with Gasteiger partial charge in [-0.15, -0.1) is 0 Å². The normalized spacial score (nSPS) is 18.7. The van der Waals surface area contributed by atoms with Crippen LogP contribution >= 0.6 is 0 Å². The molecule has 1 fully saturated rings. The summed E-state index contributed by atoms with van der Waals surface area (Å²) in [5, 5.41) is 6.02. The fourth-order valence-electron chi connectivity index (χ4n) is 2.83. The Balaban J connectivity index is 1.72. The summed E-state index contributed by atoms with van der Waals surface area (Å²) in [6, 6.07) is 9.01. The van der Waals surface area contributed by atoms with Crippen molar-refractivity contribution in [2.24, 2.45) is 0 Å². The lowest BCUT2D eigenvalue weighted by molar-refractivity contribution is 0.102. The Kier molecular flexibility index (Phi) is 4.76. The third kappa shape index (κ3) is 4.36. The minimum atomic E-state index is -2.96. The third-order valence-electron chi connectivity index (χ3n) is 4.25. The quantitative estimate of drug-likeness (QED) is 0.876. The molecule has 0 spiro atoms. The lowest BCUT2D eigenvalue weighted by atomic mass is 10.1. The van der Waals surface area contributed by atoms with Gasteiger partial charge in [-0.05, 0) is 49.6 Å². The monoisotopic (exact) mass is 359 g/mol. The van der Waals surface area contributed by atoms with Crippen molar-refractivity contribution in [1.82, 2.24) is 4.98 Å². The largest absolute Gasteiger partial charge is 0.366 e. The van der Waals surface area contributed by atoms with Crippen molar-refractivity contribution in [2.75, 3.05) is 22.1 Å². The Hall–Kier alpha value is -2.41. The predicted octanol–water partition coefficient (Wildman–Crippen LogP) is 2.55. The molecule has 0 aliphatic carbocycles. The number of aryl methyl sites for hydroxylation is 2. The van der Waals surface area contributed by atoms with E-state index in [1.165, 1.54) is 0 Å². The Morgan fingerprint density at radius 1 is 1.20 bits per heavy atom. The van der Waals surface area contributed by atoms with Gasteiger partial charge in [-0.2, -0.15) is 0 Å². The Morgan fingerprint density at radius 3 is 2.72 bits per heavy atom. The second-order valence-corrected chi connectivity index (χ2v) is 8.68. The average Bonchev–Trinajstić information content (AvgIpc) is 2.90. The molecule has 0 bridgehead atoms. The first-order chi connectivity index (χ1) is 11.8. The first-order valence-corrected chi connectivity index (χ1v) is 9.96. The Labute approximate surface area is 147 Å². The molecule has 1 aromatic carbocycles. The Bertz CT molecular complexity index is 910. The second kappa shape index (κ2) is 6.84. The zero-order valence-corrected chi connectivity index (χ0v) is 15.1. The van der Waals surface area contributed by atoms with Gasteiger partial charge >= 0.3 is 0 Å². The van der Waals surface area contributed by atoms with E-state index in [0.717, 1.165) is 16.8 Å². The van der Waals surface area contributed by atoms with Gasteiger partial charge in [0.2, 0.25) is 0 Å². The fourth-order valence-corrected chi connectivity index (χ4v) is 4.51. The van der Waals surface area contributed by atoms with Crippen molar-refractivity contribution in [2.45, 2.75) is 26.3 Å². The molecule has 1 aliphatic rings. The van der Waals surface area contributed by atoms with E-state index < -0.39 is 9.84 Å².